The van der Waals surface area contributed by atoms with Gasteiger partial charge in [0.05, 0.1) is 7.11 Å². The van der Waals surface area contributed by atoms with E-state index in [-0.39, 0.29) is 24.2 Å². The van der Waals surface area contributed by atoms with Crippen LogP contribution in [0.1, 0.15) is 31.1 Å². The van der Waals surface area contributed by atoms with Crippen LogP contribution in [-0.2, 0) is 16.1 Å². The summed E-state index contributed by atoms with van der Waals surface area (Å²) >= 11 is 0. The van der Waals surface area contributed by atoms with Gasteiger partial charge < -0.3 is 14.2 Å². The van der Waals surface area contributed by atoms with Crippen molar-refractivity contribution in [1.82, 2.24) is 14.4 Å². The highest BCUT2D eigenvalue weighted by atomic mass is 19.1. The first-order valence-electron chi connectivity index (χ1n) is 9.44. The maximum atomic E-state index is 14.6. The molecule has 0 aliphatic carbocycles. The van der Waals surface area contributed by atoms with E-state index in [1.54, 1.807) is 23.1 Å². The van der Waals surface area contributed by atoms with Crippen LogP contribution >= 0.6 is 0 Å². The fourth-order valence-electron chi connectivity index (χ4n) is 3.70. The Morgan fingerprint density at radius 1 is 1.21 bits per heavy atom. The lowest BCUT2D eigenvalue weighted by molar-refractivity contribution is -0.135. The van der Waals surface area contributed by atoms with Gasteiger partial charge in [0.25, 0.3) is 0 Å². The highest BCUT2D eigenvalue weighted by molar-refractivity contribution is 5.83. The van der Waals surface area contributed by atoms with Gasteiger partial charge in [-0.25, -0.2) is 9.18 Å². The van der Waals surface area contributed by atoms with Crippen molar-refractivity contribution in [3.8, 4) is 0 Å². The molecule has 1 aliphatic heterocycles. The molecule has 1 aliphatic rings. The van der Waals surface area contributed by atoms with Crippen LogP contribution in [0.25, 0.3) is 0 Å². The van der Waals surface area contributed by atoms with E-state index in [9.17, 15) is 14.0 Å². The Morgan fingerprint density at radius 3 is 2.64 bits per heavy atom. The van der Waals surface area contributed by atoms with E-state index in [4.69, 9.17) is 4.74 Å². The third-order valence-electron chi connectivity index (χ3n) is 4.90. The molecular formula is C21H26FN3O3. The van der Waals surface area contributed by atoms with E-state index in [0.29, 0.717) is 25.2 Å². The molecule has 1 aromatic carbocycles. The van der Waals surface area contributed by atoms with Crippen LogP contribution < -0.4 is 0 Å². The molecule has 3 rings (SSSR count). The molecule has 0 N–H and O–H groups in total. The topological polar surface area (TPSA) is 54.8 Å². The normalized spacial score (nSPS) is 16.0. The van der Waals surface area contributed by atoms with Gasteiger partial charge in [0.1, 0.15) is 18.4 Å². The lowest BCUT2D eigenvalue weighted by Crippen LogP contribution is -2.48. The van der Waals surface area contributed by atoms with Gasteiger partial charge in [-0.3, -0.25) is 9.69 Å². The predicted molar refractivity (Wildman–Crippen MR) is 103 cm³/mol. The number of hydrogen-bond donors (Lipinski definition) is 0. The number of hydrogen-bond acceptors (Lipinski definition) is 3. The first-order valence-corrected chi connectivity index (χ1v) is 9.44. The van der Waals surface area contributed by atoms with Gasteiger partial charge in [-0.2, -0.15) is 0 Å². The molecular weight excluding hydrogens is 361 g/mol. The van der Waals surface area contributed by atoms with Crippen molar-refractivity contribution < 1.29 is 18.7 Å². The zero-order valence-electron chi connectivity index (χ0n) is 16.5. The standard InChI is InChI=1S/C21H26FN3O3/c1-15(2)13-24(21(27)28-3)14-19(26)25-12-11-23-10-6-9-18(23)20(25)16-7-4-5-8-17(16)22/h4-10,15,20H,11-14H2,1-3H3. The molecule has 6 nitrogen and oxygen atoms in total. The van der Waals surface area contributed by atoms with Gasteiger partial charge in [-0.15, -0.1) is 0 Å². The van der Waals surface area contributed by atoms with E-state index in [2.05, 4.69) is 0 Å². The van der Waals surface area contributed by atoms with Crippen LogP contribution in [0.15, 0.2) is 42.6 Å². The number of nitrogens with zero attached hydrogens (tertiary/aromatic N) is 3. The van der Waals surface area contributed by atoms with Crippen LogP contribution in [0.2, 0.25) is 0 Å². The summed E-state index contributed by atoms with van der Waals surface area (Å²) in [5, 5.41) is 0. The third-order valence-corrected chi connectivity index (χ3v) is 4.90. The van der Waals surface area contributed by atoms with Gasteiger partial charge in [0.2, 0.25) is 5.91 Å². The minimum absolute atomic E-state index is 0.101. The van der Waals surface area contributed by atoms with Crippen molar-refractivity contribution in [2.45, 2.75) is 26.4 Å². The van der Waals surface area contributed by atoms with Crippen LogP contribution in [0.5, 0.6) is 0 Å². The first kappa shape index (κ1) is 19.9. The number of carbonyl (C=O) groups is 2. The average Bonchev–Trinajstić information content (AvgIpc) is 3.15. The zero-order valence-corrected chi connectivity index (χ0v) is 16.5. The van der Waals surface area contributed by atoms with Crippen LogP contribution in [0.4, 0.5) is 9.18 Å². The molecule has 2 amide bonds. The molecule has 0 radical (unpaired) electrons. The third kappa shape index (κ3) is 4.03. The molecule has 2 heterocycles. The minimum atomic E-state index is -0.537. The molecule has 2 aromatic rings. The number of carbonyl (C=O) groups excluding carboxylic acids is 2. The van der Waals surface area contributed by atoms with Gasteiger partial charge in [0.15, 0.2) is 0 Å². The van der Waals surface area contributed by atoms with Crippen molar-refractivity contribution in [2.75, 3.05) is 26.7 Å². The number of benzene rings is 1. The van der Waals surface area contributed by atoms with Crippen molar-refractivity contribution in [3.05, 3.63) is 59.7 Å². The van der Waals surface area contributed by atoms with Gasteiger partial charge in [0, 0.05) is 37.1 Å². The number of halogens is 1. The molecule has 0 bridgehead atoms. The predicted octanol–water partition coefficient (Wildman–Crippen LogP) is 3.28. The number of aromatic nitrogens is 1. The summed E-state index contributed by atoms with van der Waals surface area (Å²) in [7, 11) is 1.30. The molecule has 0 spiro atoms. The minimum Gasteiger partial charge on any atom is -0.453 e. The van der Waals surface area contributed by atoms with E-state index >= 15 is 0 Å². The molecule has 0 fully saturated rings. The number of fused-ring (bicyclic) bond motifs is 1. The smallest absolute Gasteiger partial charge is 0.409 e. The Balaban J connectivity index is 1.91. The quantitative estimate of drug-likeness (QED) is 0.791. The monoisotopic (exact) mass is 387 g/mol. The highest BCUT2D eigenvalue weighted by Crippen LogP contribution is 2.33. The van der Waals surface area contributed by atoms with E-state index in [1.807, 2.05) is 36.7 Å². The summed E-state index contributed by atoms with van der Waals surface area (Å²) in [6, 6.07) is 9.78. The van der Waals surface area contributed by atoms with Gasteiger partial charge in [-0.1, -0.05) is 32.0 Å². The summed E-state index contributed by atoms with van der Waals surface area (Å²) in [4.78, 5) is 28.3. The summed E-state index contributed by atoms with van der Waals surface area (Å²) in [5.74, 6) is -0.397. The molecule has 1 atom stereocenters. The van der Waals surface area contributed by atoms with E-state index < -0.39 is 12.1 Å². The lowest BCUT2D eigenvalue weighted by Gasteiger charge is -2.38. The summed E-state index contributed by atoms with van der Waals surface area (Å²) in [5.41, 5.74) is 1.31. The Labute approximate surface area is 164 Å². The van der Waals surface area contributed by atoms with E-state index in [1.165, 1.54) is 18.1 Å². The van der Waals surface area contributed by atoms with Crippen LogP contribution in [0.3, 0.4) is 0 Å². The van der Waals surface area contributed by atoms with Crippen LogP contribution in [-0.4, -0.2) is 53.1 Å². The Morgan fingerprint density at radius 2 is 1.96 bits per heavy atom. The molecule has 1 unspecified atom stereocenters. The molecule has 150 valence electrons. The Bertz CT molecular complexity index is 849. The molecule has 28 heavy (non-hydrogen) atoms. The zero-order chi connectivity index (χ0) is 20.3. The largest absolute Gasteiger partial charge is 0.453 e. The number of amides is 2. The van der Waals surface area contributed by atoms with Gasteiger partial charge in [-0.05, 0) is 24.1 Å². The maximum absolute atomic E-state index is 14.6. The van der Waals surface area contributed by atoms with E-state index in [0.717, 1.165) is 5.69 Å². The lowest BCUT2D eigenvalue weighted by atomic mass is 9.99. The SMILES string of the molecule is COC(=O)N(CC(=O)N1CCn2cccc2C1c1ccccc1F)CC(C)C. The molecule has 0 saturated heterocycles. The summed E-state index contributed by atoms with van der Waals surface area (Å²) in [6.07, 6.45) is 1.40. The summed E-state index contributed by atoms with van der Waals surface area (Å²) in [6.45, 7) is 5.31. The van der Waals surface area contributed by atoms with Crippen molar-refractivity contribution in [2.24, 2.45) is 5.92 Å². The van der Waals surface area contributed by atoms with Crippen molar-refractivity contribution in [3.63, 3.8) is 0 Å². The van der Waals surface area contributed by atoms with Crippen molar-refractivity contribution >= 4 is 12.0 Å². The van der Waals surface area contributed by atoms with Crippen LogP contribution in [0, 0.1) is 11.7 Å². The first-order chi connectivity index (χ1) is 13.4. The Kier molecular flexibility index (Phi) is 6.02. The second kappa shape index (κ2) is 8.46. The second-order valence-corrected chi connectivity index (χ2v) is 7.38. The Hall–Kier alpha value is -2.83. The fourth-order valence-corrected chi connectivity index (χ4v) is 3.70. The van der Waals surface area contributed by atoms with Crippen molar-refractivity contribution in [1.29, 1.82) is 0 Å². The summed E-state index contributed by atoms with van der Waals surface area (Å²) < 4.78 is 21.5. The fraction of sp³-hybridized carbons (Fsp3) is 0.429. The number of methoxy groups -OCH3 is 1. The average molecular weight is 387 g/mol. The molecule has 1 aromatic heterocycles. The second-order valence-electron chi connectivity index (χ2n) is 7.38. The molecule has 0 saturated carbocycles. The maximum Gasteiger partial charge on any atom is 0.409 e. The number of ether oxygens (including phenoxy) is 1. The van der Waals surface area contributed by atoms with Gasteiger partial charge >= 0.3 is 6.09 Å². The molecule has 7 heteroatoms. The number of rotatable bonds is 5. The highest BCUT2D eigenvalue weighted by Gasteiger charge is 2.34.